The number of anilines is 4. The van der Waals surface area contributed by atoms with E-state index in [-0.39, 0.29) is 5.92 Å². The lowest BCUT2D eigenvalue weighted by Crippen LogP contribution is -2.06. The van der Waals surface area contributed by atoms with Gasteiger partial charge in [0.05, 0.1) is 0 Å². The van der Waals surface area contributed by atoms with Crippen molar-refractivity contribution in [3.63, 3.8) is 0 Å². The van der Waals surface area contributed by atoms with Gasteiger partial charge in [-0.3, -0.25) is 0 Å². The standard InChI is InChI=1S/C33H28Cl2N2/c1-22-8-3-5-12-30(22)36-26-18-14-24(15-19-26)32(33-28(34)10-7-11-29(33)35)25-16-20-27(21-17-25)37-31-13-6-4-9-23(31)2/h3-21,32,36-37H,1-2H3. The number of hydrogen-bond donors (Lipinski definition) is 2. The number of rotatable bonds is 7. The molecule has 0 unspecified atom stereocenters. The van der Waals surface area contributed by atoms with E-state index in [1.807, 2.05) is 42.5 Å². The largest absolute Gasteiger partial charge is 0.355 e. The monoisotopic (exact) mass is 522 g/mol. The van der Waals surface area contributed by atoms with E-state index < -0.39 is 0 Å². The molecular weight excluding hydrogens is 495 g/mol. The fourth-order valence-electron chi connectivity index (χ4n) is 4.57. The van der Waals surface area contributed by atoms with Gasteiger partial charge in [0.1, 0.15) is 0 Å². The molecule has 0 spiro atoms. The highest BCUT2D eigenvalue weighted by Crippen LogP contribution is 2.41. The van der Waals surface area contributed by atoms with Gasteiger partial charge in [-0.1, -0.05) is 89.9 Å². The number of aryl methyl sites for hydroxylation is 2. The molecule has 0 fully saturated rings. The summed E-state index contributed by atoms with van der Waals surface area (Å²) in [4.78, 5) is 0. The molecule has 0 aliphatic rings. The van der Waals surface area contributed by atoms with Crippen molar-refractivity contribution in [2.24, 2.45) is 0 Å². The van der Waals surface area contributed by atoms with Gasteiger partial charge < -0.3 is 10.6 Å². The lowest BCUT2D eigenvalue weighted by atomic mass is 9.85. The maximum Gasteiger partial charge on any atom is 0.0462 e. The smallest absolute Gasteiger partial charge is 0.0462 e. The second kappa shape index (κ2) is 11.1. The van der Waals surface area contributed by atoms with Crippen LogP contribution in [0.3, 0.4) is 0 Å². The highest BCUT2D eigenvalue weighted by molar-refractivity contribution is 6.36. The van der Waals surface area contributed by atoms with E-state index in [0.717, 1.165) is 39.4 Å². The molecule has 0 saturated carbocycles. The van der Waals surface area contributed by atoms with Crippen molar-refractivity contribution in [2.75, 3.05) is 10.6 Å². The van der Waals surface area contributed by atoms with E-state index in [1.165, 1.54) is 11.1 Å². The highest BCUT2D eigenvalue weighted by atomic mass is 35.5. The summed E-state index contributed by atoms with van der Waals surface area (Å²) in [7, 11) is 0. The summed E-state index contributed by atoms with van der Waals surface area (Å²) in [6.45, 7) is 4.20. The quantitative estimate of drug-likeness (QED) is 0.207. The average molecular weight is 524 g/mol. The van der Waals surface area contributed by atoms with E-state index in [4.69, 9.17) is 23.2 Å². The summed E-state index contributed by atoms with van der Waals surface area (Å²) in [6, 6.07) is 39.2. The summed E-state index contributed by atoms with van der Waals surface area (Å²) >= 11 is 13.5. The Kier molecular flexibility index (Phi) is 7.50. The van der Waals surface area contributed by atoms with Crippen LogP contribution in [0.1, 0.15) is 33.7 Å². The van der Waals surface area contributed by atoms with Crippen LogP contribution in [0.2, 0.25) is 10.0 Å². The maximum atomic E-state index is 6.73. The summed E-state index contributed by atoms with van der Waals surface area (Å²) in [5.41, 5.74) is 9.79. The number of nitrogens with one attached hydrogen (secondary N) is 2. The first kappa shape index (κ1) is 25.0. The Bertz CT molecular complexity index is 1400. The minimum absolute atomic E-state index is 0.110. The van der Waals surface area contributed by atoms with Gasteiger partial charge in [0.2, 0.25) is 0 Å². The van der Waals surface area contributed by atoms with Crippen LogP contribution >= 0.6 is 23.2 Å². The van der Waals surface area contributed by atoms with Crippen molar-refractivity contribution in [1.29, 1.82) is 0 Å². The van der Waals surface area contributed by atoms with Gasteiger partial charge in [-0.2, -0.15) is 0 Å². The molecule has 0 aliphatic carbocycles. The van der Waals surface area contributed by atoms with Gasteiger partial charge in [-0.05, 0) is 84.6 Å². The van der Waals surface area contributed by atoms with Crippen molar-refractivity contribution in [2.45, 2.75) is 19.8 Å². The van der Waals surface area contributed by atoms with Crippen LogP contribution in [0, 0.1) is 13.8 Å². The first-order valence-electron chi connectivity index (χ1n) is 12.3. The molecule has 0 heterocycles. The summed E-state index contributed by atoms with van der Waals surface area (Å²) in [6.07, 6.45) is 0. The third kappa shape index (κ3) is 5.67. The second-order valence-electron chi connectivity index (χ2n) is 9.19. The van der Waals surface area contributed by atoms with E-state index in [2.05, 4.69) is 97.3 Å². The molecule has 2 N–H and O–H groups in total. The Morgan fingerprint density at radius 3 is 1.30 bits per heavy atom. The Balaban J connectivity index is 1.49. The van der Waals surface area contributed by atoms with Gasteiger partial charge in [0.25, 0.3) is 0 Å². The first-order chi connectivity index (χ1) is 18.0. The van der Waals surface area contributed by atoms with E-state index in [0.29, 0.717) is 10.0 Å². The van der Waals surface area contributed by atoms with Crippen molar-refractivity contribution >= 4 is 46.0 Å². The molecule has 0 saturated heterocycles. The topological polar surface area (TPSA) is 24.1 Å². The van der Waals surface area contributed by atoms with E-state index >= 15 is 0 Å². The zero-order chi connectivity index (χ0) is 25.8. The molecule has 184 valence electrons. The molecule has 5 aromatic rings. The first-order valence-corrected chi connectivity index (χ1v) is 13.0. The van der Waals surface area contributed by atoms with Crippen LogP contribution in [0.15, 0.2) is 115 Å². The molecule has 0 radical (unpaired) electrons. The predicted octanol–water partition coefficient (Wildman–Crippen LogP) is 10.3. The van der Waals surface area contributed by atoms with E-state index in [9.17, 15) is 0 Å². The lowest BCUT2D eigenvalue weighted by Gasteiger charge is -2.22. The van der Waals surface area contributed by atoms with Gasteiger partial charge >= 0.3 is 0 Å². The maximum absolute atomic E-state index is 6.73. The molecule has 0 atom stereocenters. The van der Waals surface area contributed by atoms with Gasteiger partial charge in [-0.15, -0.1) is 0 Å². The van der Waals surface area contributed by atoms with Crippen LogP contribution < -0.4 is 10.6 Å². The Morgan fingerprint density at radius 2 is 0.892 bits per heavy atom. The second-order valence-corrected chi connectivity index (χ2v) is 10.0. The highest BCUT2D eigenvalue weighted by Gasteiger charge is 2.22. The molecular formula is C33H28Cl2N2. The predicted molar refractivity (Wildman–Crippen MR) is 159 cm³/mol. The number of halogens is 2. The van der Waals surface area contributed by atoms with Crippen LogP contribution in [-0.4, -0.2) is 0 Å². The molecule has 0 aromatic heterocycles. The fraction of sp³-hybridized carbons (Fsp3) is 0.0909. The van der Waals surface area contributed by atoms with Crippen LogP contribution in [-0.2, 0) is 0 Å². The van der Waals surface area contributed by atoms with Gasteiger partial charge in [0.15, 0.2) is 0 Å². The minimum atomic E-state index is -0.110. The Hall–Kier alpha value is -3.72. The SMILES string of the molecule is Cc1ccccc1Nc1ccc(C(c2ccc(Nc3ccccc3C)cc2)c2c(Cl)cccc2Cl)cc1. The van der Waals surface area contributed by atoms with E-state index in [1.54, 1.807) is 0 Å². The average Bonchev–Trinajstić information content (AvgIpc) is 2.90. The zero-order valence-corrected chi connectivity index (χ0v) is 22.3. The van der Waals surface area contributed by atoms with Crippen LogP contribution in [0.25, 0.3) is 0 Å². The fourth-order valence-corrected chi connectivity index (χ4v) is 5.18. The number of hydrogen-bond acceptors (Lipinski definition) is 2. The third-order valence-corrected chi connectivity index (χ3v) is 7.28. The van der Waals surface area contributed by atoms with Crippen LogP contribution in [0.5, 0.6) is 0 Å². The van der Waals surface area contributed by atoms with Crippen molar-refractivity contribution < 1.29 is 0 Å². The molecule has 0 bridgehead atoms. The Labute approximate surface area is 228 Å². The van der Waals surface area contributed by atoms with Crippen molar-refractivity contribution in [1.82, 2.24) is 0 Å². The molecule has 5 rings (SSSR count). The molecule has 2 nitrogen and oxygen atoms in total. The lowest BCUT2D eigenvalue weighted by molar-refractivity contribution is 0.978. The number of para-hydroxylation sites is 2. The molecule has 4 heteroatoms. The molecule has 37 heavy (non-hydrogen) atoms. The minimum Gasteiger partial charge on any atom is -0.355 e. The van der Waals surface area contributed by atoms with Gasteiger partial charge in [-0.25, -0.2) is 0 Å². The van der Waals surface area contributed by atoms with Crippen LogP contribution in [0.4, 0.5) is 22.7 Å². The van der Waals surface area contributed by atoms with Crippen molar-refractivity contribution in [3.05, 3.63) is 153 Å². The molecule has 5 aromatic carbocycles. The van der Waals surface area contributed by atoms with Gasteiger partial charge in [0, 0.05) is 44.3 Å². The Morgan fingerprint density at radius 1 is 0.486 bits per heavy atom. The third-order valence-electron chi connectivity index (χ3n) is 6.62. The molecule has 0 aliphatic heterocycles. The normalized spacial score (nSPS) is 10.9. The zero-order valence-electron chi connectivity index (χ0n) is 20.8. The number of benzene rings is 5. The molecule has 0 amide bonds. The summed E-state index contributed by atoms with van der Waals surface area (Å²) in [5.74, 6) is -0.110. The van der Waals surface area contributed by atoms with Crippen molar-refractivity contribution in [3.8, 4) is 0 Å². The summed E-state index contributed by atoms with van der Waals surface area (Å²) < 4.78 is 0. The summed E-state index contributed by atoms with van der Waals surface area (Å²) in [5, 5.41) is 8.34.